The van der Waals surface area contributed by atoms with Crippen LogP contribution in [0.1, 0.15) is 0 Å². The van der Waals surface area contributed by atoms with E-state index in [1.54, 1.807) is 24.0 Å². The Balaban J connectivity index is 3.01. The predicted octanol–water partition coefficient (Wildman–Crippen LogP) is 0.803. The van der Waals surface area contributed by atoms with E-state index in [1.165, 1.54) is 0 Å². The molecule has 1 heterocycles. The molecule has 1 rings (SSSR count). The van der Waals surface area contributed by atoms with Crippen LogP contribution in [0.2, 0.25) is 0 Å². The molecule has 4 nitrogen and oxygen atoms in total. The maximum atomic E-state index is 11.3. The number of carbonyl (C=O) groups excluding carboxylic acids is 1. The molecule has 0 fully saturated rings. The van der Waals surface area contributed by atoms with E-state index in [4.69, 9.17) is 0 Å². The third-order valence-corrected chi connectivity index (χ3v) is 3.13. The molecule has 0 aliphatic carbocycles. The first-order chi connectivity index (χ1) is 6.54. The summed E-state index contributed by atoms with van der Waals surface area (Å²) >= 11 is 3.93. The normalized spacial score (nSPS) is 9.93. The number of hydrogen-bond donors (Lipinski definition) is 1. The number of pyridine rings is 1. The molecule has 0 atom stereocenters. The van der Waals surface area contributed by atoms with Crippen LogP contribution in [0.4, 0.5) is 0 Å². The van der Waals surface area contributed by atoms with Crippen molar-refractivity contribution in [3.05, 3.63) is 29.8 Å². The molecule has 6 heteroatoms. The monoisotopic (exact) mass is 418 g/mol. The fourth-order valence-corrected chi connectivity index (χ4v) is 2.71. The van der Waals surface area contributed by atoms with Gasteiger partial charge < -0.3 is 9.88 Å². The number of aromatic nitrogens is 1. The van der Waals surface area contributed by atoms with Crippen molar-refractivity contribution in [3.8, 4) is 0 Å². The van der Waals surface area contributed by atoms with Gasteiger partial charge in [-0.15, -0.1) is 0 Å². The minimum atomic E-state index is -0.0831. The summed E-state index contributed by atoms with van der Waals surface area (Å²) in [5.41, 5.74) is 0.0133. The molecule has 0 aliphatic rings. The zero-order valence-electron chi connectivity index (χ0n) is 7.38. The van der Waals surface area contributed by atoms with E-state index >= 15 is 0 Å². The maximum Gasteiger partial charge on any atom is 0.239 e. The standard InChI is InChI=1S/C8H8I2N2O2/c1-11-7(13)4-12-2-5(9)8(14)6(10)3-12/h2-3H,4H2,1H3,(H,11,13). The highest BCUT2D eigenvalue weighted by Crippen LogP contribution is 2.03. The van der Waals surface area contributed by atoms with E-state index in [9.17, 15) is 9.59 Å². The summed E-state index contributed by atoms with van der Waals surface area (Å²) < 4.78 is 2.95. The number of halogens is 2. The van der Waals surface area contributed by atoms with E-state index in [0.29, 0.717) is 7.14 Å². The van der Waals surface area contributed by atoms with Gasteiger partial charge in [0.2, 0.25) is 11.3 Å². The molecular weight excluding hydrogens is 410 g/mol. The average molecular weight is 418 g/mol. The first-order valence-corrected chi connectivity index (χ1v) is 5.96. The quantitative estimate of drug-likeness (QED) is 0.724. The highest BCUT2D eigenvalue weighted by molar-refractivity contribution is 14.1. The Kier molecular flexibility index (Phi) is 4.35. The molecule has 0 radical (unpaired) electrons. The number of nitrogens with one attached hydrogen (secondary N) is 1. The molecule has 76 valence electrons. The first-order valence-electron chi connectivity index (χ1n) is 3.80. The van der Waals surface area contributed by atoms with E-state index < -0.39 is 0 Å². The van der Waals surface area contributed by atoms with Gasteiger partial charge in [0.1, 0.15) is 6.54 Å². The largest absolute Gasteiger partial charge is 0.358 e. The van der Waals surface area contributed by atoms with Crippen molar-refractivity contribution in [1.29, 1.82) is 0 Å². The molecule has 0 aliphatic heterocycles. The molecule has 0 aromatic carbocycles. The SMILES string of the molecule is CNC(=O)Cn1cc(I)c(=O)c(I)c1. The van der Waals surface area contributed by atoms with Gasteiger partial charge in [-0.3, -0.25) is 9.59 Å². The van der Waals surface area contributed by atoms with Crippen LogP contribution in [-0.4, -0.2) is 17.5 Å². The van der Waals surface area contributed by atoms with E-state index in [0.717, 1.165) is 0 Å². The molecule has 1 N–H and O–H groups in total. The Hall–Kier alpha value is -0.120. The van der Waals surface area contributed by atoms with E-state index in [1.807, 2.05) is 45.2 Å². The molecule has 1 aromatic heterocycles. The van der Waals surface area contributed by atoms with Crippen molar-refractivity contribution >= 4 is 51.1 Å². The predicted molar refractivity (Wildman–Crippen MR) is 70.2 cm³/mol. The highest BCUT2D eigenvalue weighted by atomic mass is 127. The van der Waals surface area contributed by atoms with Crippen LogP contribution >= 0.6 is 45.2 Å². The van der Waals surface area contributed by atoms with Gasteiger partial charge in [-0.1, -0.05) is 0 Å². The Morgan fingerprint density at radius 3 is 2.36 bits per heavy atom. The number of nitrogens with zero attached hydrogens (tertiary/aromatic N) is 1. The van der Waals surface area contributed by atoms with Gasteiger partial charge in [0.25, 0.3) is 0 Å². The van der Waals surface area contributed by atoms with Crippen LogP contribution < -0.4 is 10.7 Å². The van der Waals surface area contributed by atoms with Gasteiger partial charge >= 0.3 is 0 Å². The van der Waals surface area contributed by atoms with E-state index in [2.05, 4.69) is 5.32 Å². The highest BCUT2D eigenvalue weighted by Gasteiger charge is 2.04. The minimum absolute atomic E-state index is 0.0133. The van der Waals surface area contributed by atoms with Crippen molar-refractivity contribution in [1.82, 2.24) is 9.88 Å². The number of rotatable bonds is 2. The second-order valence-electron chi connectivity index (χ2n) is 2.63. The molecule has 0 unspecified atom stereocenters. The molecule has 14 heavy (non-hydrogen) atoms. The fraction of sp³-hybridized carbons (Fsp3) is 0.250. The molecule has 0 saturated carbocycles. The van der Waals surface area contributed by atoms with Crippen LogP contribution in [0.5, 0.6) is 0 Å². The molecule has 1 aromatic rings. The van der Waals surface area contributed by atoms with Gasteiger partial charge in [0.05, 0.1) is 7.14 Å². The second kappa shape index (κ2) is 5.10. The first kappa shape index (κ1) is 12.0. The van der Waals surface area contributed by atoms with Crippen molar-refractivity contribution < 1.29 is 4.79 Å². The second-order valence-corrected chi connectivity index (χ2v) is 4.95. The van der Waals surface area contributed by atoms with Gasteiger partial charge in [0.15, 0.2) is 0 Å². The fourth-order valence-electron chi connectivity index (χ4n) is 0.896. The van der Waals surface area contributed by atoms with Crippen LogP contribution in [0.25, 0.3) is 0 Å². The summed E-state index contributed by atoms with van der Waals surface area (Å²) in [6, 6.07) is 0. The van der Waals surface area contributed by atoms with Gasteiger partial charge in [0, 0.05) is 19.4 Å². The molecular formula is C8H8I2N2O2. The Morgan fingerprint density at radius 2 is 1.93 bits per heavy atom. The van der Waals surface area contributed by atoms with Crippen LogP contribution in [0.15, 0.2) is 17.2 Å². The Morgan fingerprint density at radius 1 is 1.43 bits per heavy atom. The topological polar surface area (TPSA) is 51.1 Å². The molecule has 0 saturated heterocycles. The zero-order valence-corrected chi connectivity index (χ0v) is 11.7. The number of hydrogen-bond acceptors (Lipinski definition) is 2. The summed E-state index contributed by atoms with van der Waals surface area (Å²) in [4.78, 5) is 22.4. The van der Waals surface area contributed by atoms with Crippen LogP contribution in [0.3, 0.4) is 0 Å². The van der Waals surface area contributed by atoms with Crippen LogP contribution in [-0.2, 0) is 11.3 Å². The number of carbonyl (C=O) groups is 1. The molecule has 0 bridgehead atoms. The zero-order chi connectivity index (χ0) is 10.7. The maximum absolute atomic E-state index is 11.3. The smallest absolute Gasteiger partial charge is 0.239 e. The lowest BCUT2D eigenvalue weighted by Crippen LogP contribution is -2.25. The Bertz CT molecular complexity index is 388. The summed E-state index contributed by atoms with van der Waals surface area (Å²) in [6.07, 6.45) is 3.33. The Labute approximate surface area is 108 Å². The lowest BCUT2D eigenvalue weighted by Gasteiger charge is -2.06. The van der Waals surface area contributed by atoms with Crippen molar-refractivity contribution in [2.45, 2.75) is 6.54 Å². The third-order valence-electron chi connectivity index (χ3n) is 1.60. The molecule has 0 spiro atoms. The lowest BCUT2D eigenvalue weighted by atomic mass is 10.4. The summed E-state index contributed by atoms with van der Waals surface area (Å²) in [5, 5.41) is 2.52. The van der Waals surface area contributed by atoms with Crippen LogP contribution in [0, 0.1) is 7.14 Å². The average Bonchev–Trinajstić information content (AvgIpc) is 2.14. The van der Waals surface area contributed by atoms with E-state index in [-0.39, 0.29) is 17.9 Å². The summed E-state index contributed by atoms with van der Waals surface area (Å²) in [5.74, 6) is -0.0831. The number of likely N-dealkylation sites (N-methyl/N-ethyl adjacent to an activating group) is 1. The molecule has 1 amide bonds. The van der Waals surface area contributed by atoms with Crippen molar-refractivity contribution in [3.63, 3.8) is 0 Å². The van der Waals surface area contributed by atoms with Gasteiger partial charge in [-0.05, 0) is 45.2 Å². The van der Waals surface area contributed by atoms with Gasteiger partial charge in [-0.2, -0.15) is 0 Å². The summed E-state index contributed by atoms with van der Waals surface area (Å²) in [7, 11) is 1.58. The lowest BCUT2D eigenvalue weighted by molar-refractivity contribution is -0.121. The van der Waals surface area contributed by atoms with Crippen molar-refractivity contribution in [2.75, 3.05) is 7.05 Å². The number of amides is 1. The third kappa shape index (κ3) is 2.94. The van der Waals surface area contributed by atoms with Gasteiger partial charge in [-0.25, -0.2) is 0 Å². The summed E-state index contributed by atoms with van der Waals surface area (Å²) in [6.45, 7) is 0.239. The minimum Gasteiger partial charge on any atom is -0.358 e. The van der Waals surface area contributed by atoms with Crippen molar-refractivity contribution in [2.24, 2.45) is 0 Å².